The number of carbonyl (C=O) groups is 1. The summed E-state index contributed by atoms with van der Waals surface area (Å²) in [4.78, 5) is 13.9. The maximum absolute atomic E-state index is 11.9. The van der Waals surface area contributed by atoms with E-state index in [1.807, 2.05) is 71.9 Å². The largest absolute Gasteiger partial charge is 0.494 e. The molecule has 5 heteroatoms. The summed E-state index contributed by atoms with van der Waals surface area (Å²) in [6.07, 6.45) is 17.4. The zero-order chi connectivity index (χ0) is 27.7. The van der Waals surface area contributed by atoms with Gasteiger partial charge in [0, 0.05) is 34.8 Å². The molecule has 0 atom stereocenters. The van der Waals surface area contributed by atoms with Crippen LogP contribution in [0.15, 0.2) is 84.2 Å². The van der Waals surface area contributed by atoms with Crippen molar-refractivity contribution >= 4 is 11.7 Å². The highest BCUT2D eigenvalue weighted by Gasteiger charge is 2.15. The molecule has 5 nitrogen and oxygen atoms in total. The normalized spacial score (nSPS) is 11.9. The number of esters is 1. The monoisotopic (exact) mass is 522 g/mol. The second kappa shape index (κ2) is 16.6. The van der Waals surface area contributed by atoms with Crippen molar-refractivity contribution in [2.24, 2.45) is 0 Å². The number of allylic oxidation sites excluding steroid dienone is 3. The van der Waals surface area contributed by atoms with E-state index in [0.29, 0.717) is 5.57 Å². The van der Waals surface area contributed by atoms with Crippen molar-refractivity contribution < 1.29 is 14.3 Å². The molecule has 1 aliphatic rings. The van der Waals surface area contributed by atoms with E-state index in [1.165, 1.54) is 44.9 Å². The number of nitriles is 1. The first-order valence-corrected chi connectivity index (χ1v) is 14.0. The summed E-state index contributed by atoms with van der Waals surface area (Å²) in [7, 11) is 0. The average Bonchev–Trinajstić information content (AvgIpc) is 2.97. The maximum atomic E-state index is 11.9. The van der Waals surface area contributed by atoms with E-state index >= 15 is 0 Å². The Balaban J connectivity index is 1.46. The zero-order valence-corrected chi connectivity index (χ0v) is 23.1. The van der Waals surface area contributed by atoms with Crippen LogP contribution in [0.5, 0.6) is 5.75 Å². The Kier molecular flexibility index (Phi) is 12.5. The quantitative estimate of drug-likeness (QED) is 0.0882. The number of hydrogen-bond acceptors (Lipinski definition) is 5. The molecule has 2 aromatic rings. The molecule has 0 aromatic heterocycles. The minimum atomic E-state index is -0.610. The highest BCUT2D eigenvalue weighted by molar-refractivity contribution is 5.95. The Hall–Kier alpha value is -4.22. The van der Waals surface area contributed by atoms with Crippen LogP contribution in [0, 0.1) is 23.2 Å². The minimum absolute atomic E-state index is 0.00212. The Morgan fingerprint density at radius 3 is 1.92 bits per heavy atom. The van der Waals surface area contributed by atoms with E-state index in [9.17, 15) is 10.1 Å². The molecule has 1 heterocycles. The predicted molar refractivity (Wildman–Crippen MR) is 157 cm³/mol. The molecular weight excluding hydrogens is 484 g/mol. The number of hydrogen-bond donors (Lipinski definition) is 0. The highest BCUT2D eigenvalue weighted by Crippen LogP contribution is 2.22. The van der Waals surface area contributed by atoms with Gasteiger partial charge in [-0.1, -0.05) is 63.7 Å². The Morgan fingerprint density at radius 2 is 1.36 bits per heavy atom. The van der Waals surface area contributed by atoms with Crippen molar-refractivity contribution in [3.8, 4) is 23.7 Å². The Morgan fingerprint density at radius 1 is 0.795 bits per heavy atom. The first kappa shape index (κ1) is 29.3. The average molecular weight is 523 g/mol. The van der Waals surface area contributed by atoms with Crippen LogP contribution in [0.25, 0.3) is 0 Å². The van der Waals surface area contributed by atoms with Gasteiger partial charge in [-0.05, 0) is 74.0 Å². The lowest BCUT2D eigenvalue weighted by Crippen LogP contribution is -2.13. The standard InChI is InChI=1S/C34H38N2O3/c1-3-5-6-7-8-9-10-11-26-39-32-20-16-29(17-21-32)13-12-28-14-18-31(19-15-28)36-24-22-30(23-25-36)33(27-35)34(37)38-4-2/h14-25H,3-11,26H2,1-2H3. The SMILES string of the molecule is CCCCCCCCCCOc1ccc(C#Cc2ccc(N3C=CC(=C(C#N)C(=O)OCC)C=C3)cc2)cc1. The second-order valence-corrected chi connectivity index (χ2v) is 9.35. The Bertz CT molecular complexity index is 1240. The summed E-state index contributed by atoms with van der Waals surface area (Å²) >= 11 is 0. The molecular formula is C34H38N2O3. The topological polar surface area (TPSA) is 62.6 Å². The summed E-state index contributed by atoms with van der Waals surface area (Å²) in [6.45, 7) is 4.95. The first-order valence-electron chi connectivity index (χ1n) is 14.0. The van der Waals surface area contributed by atoms with E-state index < -0.39 is 5.97 Å². The molecule has 0 saturated heterocycles. The molecule has 0 radical (unpaired) electrons. The van der Waals surface area contributed by atoms with Crippen molar-refractivity contribution in [2.45, 2.75) is 65.2 Å². The third-order valence-corrected chi connectivity index (χ3v) is 6.35. The van der Waals surface area contributed by atoms with Crippen LogP contribution < -0.4 is 9.64 Å². The molecule has 202 valence electrons. The summed E-state index contributed by atoms with van der Waals surface area (Å²) in [5, 5.41) is 9.31. The lowest BCUT2D eigenvalue weighted by Gasteiger charge is -2.19. The summed E-state index contributed by atoms with van der Waals surface area (Å²) < 4.78 is 10.8. The van der Waals surface area contributed by atoms with Crippen LogP contribution in [-0.4, -0.2) is 19.2 Å². The molecule has 0 N–H and O–H groups in total. The van der Waals surface area contributed by atoms with Crippen LogP contribution in [0.1, 0.15) is 76.3 Å². The number of carbonyl (C=O) groups excluding carboxylic acids is 1. The molecule has 2 aromatic carbocycles. The number of ether oxygens (including phenoxy) is 2. The lowest BCUT2D eigenvalue weighted by atomic mass is 10.1. The van der Waals surface area contributed by atoms with Crippen LogP contribution in [0.2, 0.25) is 0 Å². The van der Waals surface area contributed by atoms with Crippen LogP contribution >= 0.6 is 0 Å². The fourth-order valence-electron chi connectivity index (χ4n) is 4.12. The fourth-order valence-corrected chi connectivity index (χ4v) is 4.12. The fraction of sp³-hybridized carbons (Fsp3) is 0.353. The molecule has 39 heavy (non-hydrogen) atoms. The van der Waals surface area contributed by atoms with Crippen LogP contribution in [-0.2, 0) is 9.53 Å². The van der Waals surface area contributed by atoms with Gasteiger partial charge in [-0.2, -0.15) is 5.26 Å². The van der Waals surface area contributed by atoms with Crippen molar-refractivity contribution in [1.29, 1.82) is 5.26 Å². The van der Waals surface area contributed by atoms with Gasteiger partial charge in [0.25, 0.3) is 0 Å². The van der Waals surface area contributed by atoms with Gasteiger partial charge in [0.05, 0.1) is 13.2 Å². The van der Waals surface area contributed by atoms with Crippen molar-refractivity contribution in [2.75, 3.05) is 18.1 Å². The van der Waals surface area contributed by atoms with Crippen LogP contribution in [0.3, 0.4) is 0 Å². The molecule has 1 aliphatic heterocycles. The zero-order valence-electron chi connectivity index (χ0n) is 23.1. The van der Waals surface area contributed by atoms with E-state index in [4.69, 9.17) is 9.47 Å². The number of unbranched alkanes of at least 4 members (excludes halogenated alkanes) is 7. The smallest absolute Gasteiger partial charge is 0.349 e. The molecule has 0 fully saturated rings. The summed E-state index contributed by atoms with van der Waals surface area (Å²) in [5.41, 5.74) is 3.32. The molecule has 0 aliphatic carbocycles. The van der Waals surface area contributed by atoms with Gasteiger partial charge in [0.2, 0.25) is 0 Å². The van der Waals surface area contributed by atoms with Crippen molar-refractivity contribution in [3.63, 3.8) is 0 Å². The number of rotatable bonds is 13. The molecule has 0 amide bonds. The van der Waals surface area contributed by atoms with E-state index in [1.54, 1.807) is 19.1 Å². The first-order chi connectivity index (χ1) is 19.1. The van der Waals surface area contributed by atoms with E-state index in [2.05, 4.69) is 18.8 Å². The molecule has 0 unspecified atom stereocenters. The molecule has 0 spiro atoms. The van der Waals surface area contributed by atoms with Crippen molar-refractivity contribution in [3.05, 3.63) is 95.4 Å². The highest BCUT2D eigenvalue weighted by atomic mass is 16.5. The number of benzene rings is 2. The van der Waals surface area contributed by atoms with Gasteiger partial charge in [0.15, 0.2) is 0 Å². The Labute approximate surface area is 233 Å². The predicted octanol–water partition coefficient (Wildman–Crippen LogP) is 7.84. The van der Waals surface area contributed by atoms with Gasteiger partial charge >= 0.3 is 5.97 Å². The minimum Gasteiger partial charge on any atom is -0.494 e. The lowest BCUT2D eigenvalue weighted by molar-refractivity contribution is -0.138. The van der Waals surface area contributed by atoms with Gasteiger partial charge in [-0.25, -0.2) is 4.79 Å². The molecule has 3 rings (SSSR count). The van der Waals surface area contributed by atoms with Crippen LogP contribution in [0.4, 0.5) is 5.69 Å². The summed E-state index contributed by atoms with van der Waals surface area (Å²) in [5.74, 6) is 6.70. The van der Waals surface area contributed by atoms with Crippen molar-refractivity contribution in [1.82, 2.24) is 0 Å². The molecule has 0 bridgehead atoms. The van der Waals surface area contributed by atoms with Gasteiger partial charge < -0.3 is 14.4 Å². The third-order valence-electron chi connectivity index (χ3n) is 6.35. The van der Waals surface area contributed by atoms with Gasteiger partial charge in [0.1, 0.15) is 17.4 Å². The van der Waals surface area contributed by atoms with E-state index in [0.717, 1.165) is 35.6 Å². The van der Waals surface area contributed by atoms with Gasteiger partial charge in [-0.15, -0.1) is 0 Å². The third kappa shape index (κ3) is 9.87. The maximum Gasteiger partial charge on any atom is 0.349 e. The summed E-state index contributed by atoms with van der Waals surface area (Å²) in [6, 6.07) is 17.8. The number of anilines is 1. The van der Waals surface area contributed by atoms with E-state index in [-0.39, 0.29) is 12.2 Å². The second-order valence-electron chi connectivity index (χ2n) is 9.35. The molecule has 0 saturated carbocycles. The number of nitrogens with zero attached hydrogens (tertiary/aromatic N) is 2. The van der Waals surface area contributed by atoms with Gasteiger partial charge in [-0.3, -0.25) is 0 Å².